The topological polar surface area (TPSA) is 65.5 Å². The summed E-state index contributed by atoms with van der Waals surface area (Å²) in [5.41, 5.74) is 2.84. The molecule has 0 spiro atoms. The molecule has 35 heavy (non-hydrogen) atoms. The molecule has 1 atom stereocenters. The second kappa shape index (κ2) is 11.2. The predicted octanol–water partition coefficient (Wildman–Crippen LogP) is 5.04. The number of hydrogen-bond acceptors (Lipinski definition) is 4. The summed E-state index contributed by atoms with van der Waals surface area (Å²) in [5.74, 6) is 1.64. The van der Waals surface area contributed by atoms with Crippen LogP contribution in [0.1, 0.15) is 74.6 Å². The van der Waals surface area contributed by atoms with Gasteiger partial charge >= 0.3 is 0 Å². The third-order valence-electron chi connectivity index (χ3n) is 7.96. The van der Waals surface area contributed by atoms with Gasteiger partial charge in [0.2, 0.25) is 6.41 Å². The summed E-state index contributed by atoms with van der Waals surface area (Å²) in [6.45, 7) is 2.93. The van der Waals surface area contributed by atoms with Crippen LogP contribution >= 0.6 is 0 Å². The minimum absolute atomic E-state index is 0.0159. The number of pyridine rings is 1. The van der Waals surface area contributed by atoms with E-state index in [2.05, 4.69) is 27.2 Å². The molecule has 3 fully saturated rings. The molecular weight excluding hydrogens is 436 g/mol. The van der Waals surface area contributed by atoms with Crippen molar-refractivity contribution in [3.63, 3.8) is 0 Å². The van der Waals surface area contributed by atoms with Gasteiger partial charge in [-0.05, 0) is 80.7 Å². The van der Waals surface area contributed by atoms with Crippen LogP contribution in [0, 0.1) is 5.92 Å². The Kier molecular flexibility index (Phi) is 7.65. The number of anilines is 1. The van der Waals surface area contributed by atoms with Crippen molar-refractivity contribution in [3.8, 4) is 11.1 Å². The number of amides is 2. The van der Waals surface area contributed by atoms with Gasteiger partial charge in [0, 0.05) is 49.0 Å². The fraction of sp³-hybridized carbons (Fsp3) is 0.552. The molecule has 6 heteroatoms. The van der Waals surface area contributed by atoms with Gasteiger partial charge in [0.25, 0.3) is 5.91 Å². The van der Waals surface area contributed by atoms with Crippen LogP contribution in [0.5, 0.6) is 0 Å². The number of nitrogens with one attached hydrogen (secondary N) is 1. The summed E-state index contributed by atoms with van der Waals surface area (Å²) < 4.78 is 0. The van der Waals surface area contributed by atoms with E-state index in [4.69, 9.17) is 4.98 Å². The number of aromatic nitrogens is 1. The van der Waals surface area contributed by atoms with Gasteiger partial charge in [-0.1, -0.05) is 31.4 Å². The van der Waals surface area contributed by atoms with Crippen LogP contribution in [0.15, 0.2) is 42.6 Å². The monoisotopic (exact) mass is 474 g/mol. The molecule has 1 aromatic heterocycles. The van der Waals surface area contributed by atoms with Gasteiger partial charge in [-0.3, -0.25) is 9.59 Å². The summed E-state index contributed by atoms with van der Waals surface area (Å²) in [4.78, 5) is 33.2. The minimum Gasteiger partial charge on any atom is -0.356 e. The van der Waals surface area contributed by atoms with Crippen molar-refractivity contribution < 1.29 is 9.59 Å². The molecule has 1 saturated heterocycles. The Morgan fingerprint density at radius 2 is 1.74 bits per heavy atom. The van der Waals surface area contributed by atoms with Gasteiger partial charge in [0.1, 0.15) is 5.82 Å². The van der Waals surface area contributed by atoms with Crippen LogP contribution < -0.4 is 10.2 Å². The van der Waals surface area contributed by atoms with Crippen LogP contribution in [0.25, 0.3) is 11.1 Å². The lowest BCUT2D eigenvalue weighted by atomic mass is 9.92. The van der Waals surface area contributed by atoms with Crippen molar-refractivity contribution in [2.75, 3.05) is 24.5 Å². The molecule has 1 aromatic carbocycles. The molecular formula is C29H38N4O2. The first-order chi connectivity index (χ1) is 17.2. The molecule has 2 heterocycles. The Hall–Kier alpha value is -2.89. The highest BCUT2D eigenvalue weighted by Gasteiger charge is 2.25. The number of piperidine rings is 1. The summed E-state index contributed by atoms with van der Waals surface area (Å²) in [5, 5.41) is 3.03. The van der Waals surface area contributed by atoms with Crippen molar-refractivity contribution in [3.05, 3.63) is 48.2 Å². The summed E-state index contributed by atoms with van der Waals surface area (Å²) >= 11 is 0. The maximum absolute atomic E-state index is 12.2. The van der Waals surface area contributed by atoms with Crippen LogP contribution in [-0.2, 0) is 4.79 Å². The smallest absolute Gasteiger partial charge is 0.251 e. The molecule has 2 amide bonds. The van der Waals surface area contributed by atoms with Crippen LogP contribution in [-0.4, -0.2) is 53.9 Å². The zero-order valence-corrected chi connectivity index (χ0v) is 20.7. The molecule has 1 N–H and O–H groups in total. The first-order valence-electron chi connectivity index (χ1n) is 13.5. The van der Waals surface area contributed by atoms with E-state index in [1.165, 1.54) is 44.9 Å². The average molecular weight is 475 g/mol. The number of nitrogens with zero attached hydrogens (tertiary/aromatic N) is 3. The third-order valence-corrected chi connectivity index (χ3v) is 7.96. The molecule has 0 radical (unpaired) electrons. The van der Waals surface area contributed by atoms with Crippen molar-refractivity contribution in [2.24, 2.45) is 5.92 Å². The zero-order chi connectivity index (χ0) is 24.0. The first-order valence-corrected chi connectivity index (χ1v) is 13.5. The number of carbonyl (C=O) groups is 2. The lowest BCUT2D eigenvalue weighted by Gasteiger charge is -2.36. The lowest BCUT2D eigenvalue weighted by molar-refractivity contribution is -0.121. The SMILES string of the molecule is O=CN(CC[C@@H]1CCCN(c2ccc(-c3ccc(C(=O)NC4CC4)cc3)cn2)C1)C1CCCCC1. The summed E-state index contributed by atoms with van der Waals surface area (Å²) in [7, 11) is 0. The van der Waals surface area contributed by atoms with Crippen LogP contribution in [0.3, 0.4) is 0 Å². The maximum Gasteiger partial charge on any atom is 0.251 e. The van der Waals surface area contributed by atoms with Gasteiger partial charge in [-0.2, -0.15) is 0 Å². The number of hydrogen-bond donors (Lipinski definition) is 1. The molecule has 2 saturated carbocycles. The van der Waals surface area contributed by atoms with E-state index in [9.17, 15) is 9.59 Å². The number of rotatable bonds is 9. The van der Waals surface area contributed by atoms with Crippen molar-refractivity contribution in [1.82, 2.24) is 15.2 Å². The summed E-state index contributed by atoms with van der Waals surface area (Å²) in [6, 6.07) is 12.9. The van der Waals surface area contributed by atoms with Crippen molar-refractivity contribution >= 4 is 18.1 Å². The Morgan fingerprint density at radius 1 is 0.971 bits per heavy atom. The molecule has 0 bridgehead atoms. The molecule has 6 nitrogen and oxygen atoms in total. The second-order valence-corrected chi connectivity index (χ2v) is 10.6. The molecule has 2 aliphatic carbocycles. The van der Waals surface area contributed by atoms with E-state index in [1.807, 2.05) is 30.5 Å². The molecule has 186 valence electrons. The average Bonchev–Trinajstić information content (AvgIpc) is 3.74. The van der Waals surface area contributed by atoms with Crippen molar-refractivity contribution in [2.45, 2.75) is 76.3 Å². The molecule has 3 aliphatic rings. The third kappa shape index (κ3) is 6.22. The van der Waals surface area contributed by atoms with Crippen LogP contribution in [0.4, 0.5) is 5.82 Å². The standard InChI is InChI=1S/C29H38N4O2/c34-21-33(27-6-2-1-3-7-27)18-16-22-5-4-17-32(20-22)28-15-12-25(19-30-28)23-8-10-24(11-9-23)29(35)31-26-13-14-26/h8-12,15,19,21-22,26-27H,1-7,13-14,16-18,20H2,(H,31,35)/t22-/m0/s1. The van der Waals surface area contributed by atoms with E-state index in [0.29, 0.717) is 23.6 Å². The highest BCUT2D eigenvalue weighted by atomic mass is 16.1. The second-order valence-electron chi connectivity index (χ2n) is 10.6. The number of carbonyl (C=O) groups excluding carboxylic acids is 2. The Morgan fingerprint density at radius 3 is 2.43 bits per heavy atom. The van der Waals surface area contributed by atoms with E-state index >= 15 is 0 Å². The van der Waals surface area contributed by atoms with Crippen LogP contribution in [0.2, 0.25) is 0 Å². The van der Waals surface area contributed by atoms with Gasteiger partial charge in [-0.15, -0.1) is 0 Å². The fourth-order valence-corrected chi connectivity index (χ4v) is 5.63. The Balaban J connectivity index is 1.15. The van der Waals surface area contributed by atoms with Gasteiger partial charge < -0.3 is 15.1 Å². The first kappa shape index (κ1) is 23.8. The Bertz CT molecular complexity index is 981. The molecule has 0 unspecified atom stereocenters. The largest absolute Gasteiger partial charge is 0.356 e. The van der Waals surface area contributed by atoms with Crippen molar-refractivity contribution in [1.29, 1.82) is 0 Å². The fourth-order valence-electron chi connectivity index (χ4n) is 5.63. The molecule has 2 aromatic rings. The zero-order valence-electron chi connectivity index (χ0n) is 20.7. The van der Waals surface area contributed by atoms with Gasteiger partial charge in [-0.25, -0.2) is 4.98 Å². The van der Waals surface area contributed by atoms with Gasteiger partial charge in [0.05, 0.1) is 0 Å². The predicted molar refractivity (Wildman–Crippen MR) is 139 cm³/mol. The molecule has 1 aliphatic heterocycles. The van der Waals surface area contributed by atoms with E-state index in [1.54, 1.807) is 0 Å². The summed E-state index contributed by atoms with van der Waals surface area (Å²) in [6.07, 6.45) is 14.9. The highest BCUT2D eigenvalue weighted by Crippen LogP contribution is 2.28. The lowest BCUT2D eigenvalue weighted by Crippen LogP contribution is -2.40. The molecule has 5 rings (SSSR count). The van der Waals surface area contributed by atoms with E-state index in [0.717, 1.165) is 62.3 Å². The highest BCUT2D eigenvalue weighted by molar-refractivity contribution is 5.95. The quantitative estimate of drug-likeness (QED) is 0.517. The maximum atomic E-state index is 12.2. The van der Waals surface area contributed by atoms with E-state index in [-0.39, 0.29) is 5.91 Å². The van der Waals surface area contributed by atoms with E-state index < -0.39 is 0 Å². The number of benzene rings is 1. The Labute approximate surface area is 209 Å². The normalized spacial score (nSPS) is 20.9. The van der Waals surface area contributed by atoms with Gasteiger partial charge in [0.15, 0.2) is 0 Å². The minimum atomic E-state index is 0.0159.